The van der Waals surface area contributed by atoms with Gasteiger partial charge in [-0.2, -0.15) is 9.83 Å². The third-order valence-corrected chi connectivity index (χ3v) is 3.07. The molecule has 0 saturated heterocycles. The van der Waals surface area contributed by atoms with E-state index < -0.39 is 0 Å². The molecule has 0 radical (unpaired) electrons. The van der Waals surface area contributed by atoms with Crippen LogP contribution >= 0.6 is 0 Å². The van der Waals surface area contributed by atoms with E-state index in [0.29, 0.717) is 5.56 Å². The third-order valence-electron chi connectivity index (χ3n) is 3.07. The van der Waals surface area contributed by atoms with Crippen molar-refractivity contribution in [2.75, 3.05) is 0 Å². The monoisotopic (exact) mass is 361 g/mol. The Kier molecular flexibility index (Phi) is 3.86. The lowest BCUT2D eigenvalue weighted by atomic mass is 10.2. The van der Waals surface area contributed by atoms with Crippen LogP contribution in [0.3, 0.4) is 0 Å². The van der Waals surface area contributed by atoms with Gasteiger partial charge in [0.2, 0.25) is 6.33 Å². The van der Waals surface area contributed by atoms with Gasteiger partial charge in [0, 0.05) is 6.07 Å². The van der Waals surface area contributed by atoms with Crippen LogP contribution in [0, 0.1) is 11.3 Å². The van der Waals surface area contributed by atoms with E-state index in [9.17, 15) is 0 Å². The molecule has 4 heteroatoms. The largest absolute Gasteiger partial charge is 1.00 e. The van der Waals surface area contributed by atoms with Crippen molar-refractivity contribution >= 4 is 11.0 Å². The maximum Gasteiger partial charge on any atom is 0.249 e. The number of aryl methyl sites for hydroxylation is 1. The number of rotatable bonds is 1. The van der Waals surface area contributed by atoms with Crippen molar-refractivity contribution < 1.29 is 28.5 Å². The van der Waals surface area contributed by atoms with Gasteiger partial charge in [-0.25, -0.2) is 4.57 Å². The molecule has 0 fully saturated rings. The molecule has 3 nitrogen and oxygen atoms in total. The number of imidazole rings is 1. The van der Waals surface area contributed by atoms with Crippen LogP contribution in [0.2, 0.25) is 0 Å². The summed E-state index contributed by atoms with van der Waals surface area (Å²) < 4.78 is 4.15. The minimum absolute atomic E-state index is 0. The predicted octanol–water partition coefficient (Wildman–Crippen LogP) is -0.669. The standard InChI is InChI=1S/C15H12N3.HI/c1-17-11-18(13-5-3-2-4-6-13)14-8-7-12(10-16)9-15(14)17;/h2-9,11H,1H3;1H/q+1;/p-1. The molecule has 0 unspecified atom stereocenters. The Bertz CT molecular complexity index is 754. The normalized spacial score (nSPS) is 9.89. The SMILES string of the molecule is C[n+]1cn(-c2ccccc2)c2ccc(C#N)cc21.[I-]. The number of fused-ring (bicyclic) bond motifs is 1. The molecule has 0 atom stereocenters. The average Bonchev–Trinajstić information content (AvgIpc) is 2.77. The molecule has 0 bridgehead atoms. The van der Waals surface area contributed by atoms with Gasteiger partial charge in [0.05, 0.1) is 18.7 Å². The number of aromatic nitrogens is 2. The third kappa shape index (κ3) is 2.34. The van der Waals surface area contributed by atoms with E-state index in [1.54, 1.807) is 0 Å². The van der Waals surface area contributed by atoms with Crippen LogP contribution in [0.4, 0.5) is 0 Å². The maximum absolute atomic E-state index is 8.95. The van der Waals surface area contributed by atoms with Gasteiger partial charge >= 0.3 is 0 Å². The molecule has 1 heterocycles. The molecule has 94 valence electrons. The number of para-hydroxylation sites is 1. The second-order valence-electron chi connectivity index (χ2n) is 4.25. The number of halogens is 1. The van der Waals surface area contributed by atoms with Gasteiger partial charge in [0.15, 0.2) is 11.0 Å². The topological polar surface area (TPSA) is 32.6 Å². The number of nitrogens with zero attached hydrogens (tertiary/aromatic N) is 3. The van der Waals surface area contributed by atoms with E-state index in [1.807, 2.05) is 54.3 Å². The fourth-order valence-electron chi connectivity index (χ4n) is 2.17. The lowest BCUT2D eigenvalue weighted by Gasteiger charge is -1.95. The molecule has 3 rings (SSSR count). The average molecular weight is 361 g/mol. The summed E-state index contributed by atoms with van der Waals surface area (Å²) >= 11 is 0. The van der Waals surface area contributed by atoms with E-state index >= 15 is 0 Å². The second kappa shape index (κ2) is 5.41. The zero-order chi connectivity index (χ0) is 12.5. The van der Waals surface area contributed by atoms with Gasteiger partial charge in [-0.15, -0.1) is 0 Å². The first-order chi connectivity index (χ1) is 8.79. The molecule has 0 saturated carbocycles. The van der Waals surface area contributed by atoms with Gasteiger partial charge in [0.25, 0.3) is 0 Å². The molecule has 3 aromatic rings. The van der Waals surface area contributed by atoms with Crippen LogP contribution in [0.15, 0.2) is 54.9 Å². The van der Waals surface area contributed by atoms with Crippen molar-refractivity contribution in [1.82, 2.24) is 4.57 Å². The highest BCUT2D eigenvalue weighted by Crippen LogP contribution is 2.17. The van der Waals surface area contributed by atoms with Crippen molar-refractivity contribution in [3.63, 3.8) is 0 Å². The quantitative estimate of drug-likeness (QED) is 0.418. The highest BCUT2D eigenvalue weighted by atomic mass is 127. The number of nitriles is 1. The molecule has 0 aliphatic rings. The van der Waals surface area contributed by atoms with Gasteiger partial charge in [-0.1, -0.05) is 18.2 Å². The van der Waals surface area contributed by atoms with Gasteiger partial charge < -0.3 is 24.0 Å². The molecular weight excluding hydrogens is 349 g/mol. The van der Waals surface area contributed by atoms with Crippen LogP contribution in [0.1, 0.15) is 5.56 Å². The molecule has 0 amide bonds. The Labute approximate surface area is 128 Å². The first-order valence-corrected chi connectivity index (χ1v) is 5.76. The van der Waals surface area contributed by atoms with Crippen LogP contribution < -0.4 is 28.5 Å². The Morgan fingerprint density at radius 2 is 1.84 bits per heavy atom. The van der Waals surface area contributed by atoms with Crippen molar-refractivity contribution in [1.29, 1.82) is 5.26 Å². The predicted molar refractivity (Wildman–Crippen MR) is 69.2 cm³/mol. The van der Waals surface area contributed by atoms with Crippen molar-refractivity contribution in [2.24, 2.45) is 7.05 Å². The van der Waals surface area contributed by atoms with E-state index in [4.69, 9.17) is 5.26 Å². The van der Waals surface area contributed by atoms with Gasteiger partial charge in [-0.05, 0) is 24.3 Å². The maximum atomic E-state index is 8.95. The fourth-order valence-corrected chi connectivity index (χ4v) is 2.17. The summed E-state index contributed by atoms with van der Waals surface area (Å²) in [7, 11) is 1.99. The minimum atomic E-state index is 0. The first-order valence-electron chi connectivity index (χ1n) is 5.76. The number of hydrogen-bond donors (Lipinski definition) is 0. The summed E-state index contributed by atoms with van der Waals surface area (Å²) in [5, 5.41) is 8.95. The summed E-state index contributed by atoms with van der Waals surface area (Å²) in [6.07, 6.45) is 2.03. The lowest BCUT2D eigenvalue weighted by molar-refractivity contribution is -0.645. The van der Waals surface area contributed by atoms with Crippen molar-refractivity contribution in [2.45, 2.75) is 0 Å². The molecular formula is C15H12IN3. The van der Waals surface area contributed by atoms with E-state index in [-0.39, 0.29) is 24.0 Å². The molecule has 2 aromatic carbocycles. The Balaban J connectivity index is 0.00000133. The first kappa shape index (κ1) is 13.6. The molecule has 0 aliphatic heterocycles. The van der Waals surface area contributed by atoms with Crippen molar-refractivity contribution in [3.05, 3.63) is 60.4 Å². The second-order valence-corrected chi connectivity index (χ2v) is 4.25. The summed E-state index contributed by atoms with van der Waals surface area (Å²) in [4.78, 5) is 0. The highest BCUT2D eigenvalue weighted by molar-refractivity contribution is 5.75. The smallest absolute Gasteiger partial charge is 0.249 e. The Morgan fingerprint density at radius 1 is 1.11 bits per heavy atom. The minimum Gasteiger partial charge on any atom is -1.00 e. The van der Waals surface area contributed by atoms with Crippen LogP contribution in [-0.2, 0) is 7.05 Å². The molecule has 1 aromatic heterocycles. The fraction of sp³-hybridized carbons (Fsp3) is 0.0667. The Morgan fingerprint density at radius 3 is 2.53 bits per heavy atom. The molecule has 0 aliphatic carbocycles. The lowest BCUT2D eigenvalue weighted by Crippen LogP contribution is -3.00. The summed E-state index contributed by atoms with van der Waals surface area (Å²) in [5.74, 6) is 0. The summed E-state index contributed by atoms with van der Waals surface area (Å²) in [6, 6.07) is 18.1. The van der Waals surface area contributed by atoms with Gasteiger partial charge in [-0.3, -0.25) is 0 Å². The zero-order valence-electron chi connectivity index (χ0n) is 10.4. The summed E-state index contributed by atoms with van der Waals surface area (Å²) in [6.45, 7) is 0. The van der Waals surface area contributed by atoms with E-state index in [0.717, 1.165) is 16.7 Å². The van der Waals surface area contributed by atoms with Crippen molar-refractivity contribution in [3.8, 4) is 11.8 Å². The van der Waals surface area contributed by atoms with Crippen LogP contribution in [0.5, 0.6) is 0 Å². The van der Waals surface area contributed by atoms with E-state index in [2.05, 4.69) is 22.8 Å². The molecule has 0 N–H and O–H groups in total. The molecule has 0 spiro atoms. The van der Waals surface area contributed by atoms with Crippen LogP contribution in [0.25, 0.3) is 16.7 Å². The number of hydrogen-bond acceptors (Lipinski definition) is 1. The Hall–Kier alpha value is -1.87. The zero-order valence-corrected chi connectivity index (χ0v) is 12.6. The van der Waals surface area contributed by atoms with Gasteiger partial charge in [0.1, 0.15) is 5.69 Å². The van der Waals surface area contributed by atoms with E-state index in [1.165, 1.54) is 0 Å². The highest BCUT2D eigenvalue weighted by Gasteiger charge is 2.14. The van der Waals surface area contributed by atoms with Crippen LogP contribution in [-0.4, -0.2) is 4.57 Å². The molecule has 19 heavy (non-hydrogen) atoms. The summed E-state index contributed by atoms with van der Waals surface area (Å²) in [5.41, 5.74) is 3.96. The number of benzene rings is 2.